The van der Waals surface area contributed by atoms with Crippen LogP contribution in [-0.2, 0) is 9.53 Å². The molecular formula is C10H19NO3S. The molecule has 0 spiro atoms. The molecule has 1 N–H and O–H groups in total. The van der Waals surface area contributed by atoms with E-state index in [9.17, 15) is 4.79 Å². The minimum Gasteiger partial charge on any atom is -0.481 e. The van der Waals surface area contributed by atoms with Crippen LogP contribution in [0.15, 0.2) is 0 Å². The Labute approximate surface area is 95.0 Å². The highest BCUT2D eigenvalue weighted by atomic mass is 32.2. The molecule has 2 unspecified atom stereocenters. The van der Waals surface area contributed by atoms with Gasteiger partial charge in [-0.1, -0.05) is 6.92 Å². The first-order valence-corrected chi connectivity index (χ1v) is 6.40. The van der Waals surface area contributed by atoms with Gasteiger partial charge in [-0.15, -0.1) is 0 Å². The van der Waals surface area contributed by atoms with Gasteiger partial charge < -0.3 is 9.84 Å². The number of thioether (sulfide) groups is 1. The molecule has 1 saturated heterocycles. The Hall–Kier alpha value is -0.260. The van der Waals surface area contributed by atoms with Gasteiger partial charge in [0.05, 0.1) is 19.1 Å². The van der Waals surface area contributed by atoms with Crippen LogP contribution in [0.3, 0.4) is 0 Å². The van der Waals surface area contributed by atoms with Crippen molar-refractivity contribution in [2.75, 3.05) is 38.3 Å². The zero-order valence-corrected chi connectivity index (χ0v) is 10.1. The van der Waals surface area contributed by atoms with Gasteiger partial charge in [-0.2, -0.15) is 11.8 Å². The molecule has 0 radical (unpaired) electrons. The van der Waals surface area contributed by atoms with Crippen molar-refractivity contribution in [3.63, 3.8) is 0 Å². The second kappa shape index (κ2) is 6.35. The van der Waals surface area contributed by atoms with Gasteiger partial charge in [0.25, 0.3) is 0 Å². The zero-order valence-electron chi connectivity index (χ0n) is 9.31. The topological polar surface area (TPSA) is 49.8 Å². The van der Waals surface area contributed by atoms with Crippen LogP contribution < -0.4 is 0 Å². The summed E-state index contributed by atoms with van der Waals surface area (Å²) in [6.45, 7) is 3.95. The third-order valence-corrected chi connectivity index (χ3v) is 3.61. The van der Waals surface area contributed by atoms with Crippen molar-refractivity contribution in [3.05, 3.63) is 0 Å². The largest absolute Gasteiger partial charge is 0.481 e. The first-order chi connectivity index (χ1) is 7.16. The average Bonchev–Trinajstić information content (AvgIpc) is 2.66. The molecule has 2 atom stereocenters. The van der Waals surface area contributed by atoms with Crippen LogP contribution in [0.1, 0.15) is 6.92 Å². The second-order valence-electron chi connectivity index (χ2n) is 3.73. The predicted octanol–water partition coefficient (Wildman–Crippen LogP) is 0.771. The van der Waals surface area contributed by atoms with Crippen LogP contribution in [0.25, 0.3) is 0 Å². The maximum Gasteiger partial charge on any atom is 0.310 e. The Morgan fingerprint density at radius 2 is 2.33 bits per heavy atom. The summed E-state index contributed by atoms with van der Waals surface area (Å²) in [6, 6.07) is 0.0416. The third kappa shape index (κ3) is 3.66. The standard InChI is InChI=1S/C10H19NO3S/c1-3-15-5-4-11(2)9-7-14-6-8(9)10(12)13/h8-9H,3-7H2,1-2H3,(H,12,13). The fraction of sp³-hybridized carbons (Fsp3) is 0.900. The van der Waals surface area contributed by atoms with Crippen molar-refractivity contribution in [2.24, 2.45) is 5.92 Å². The highest BCUT2D eigenvalue weighted by molar-refractivity contribution is 7.99. The first-order valence-electron chi connectivity index (χ1n) is 5.25. The molecule has 1 aliphatic rings. The van der Waals surface area contributed by atoms with E-state index in [1.54, 1.807) is 0 Å². The van der Waals surface area contributed by atoms with E-state index in [-0.39, 0.29) is 12.0 Å². The molecule has 0 aromatic carbocycles. The molecule has 0 saturated carbocycles. The molecule has 0 amide bonds. The Kier molecular flexibility index (Phi) is 5.42. The molecule has 4 nitrogen and oxygen atoms in total. The molecule has 88 valence electrons. The van der Waals surface area contributed by atoms with Crippen LogP contribution in [0.5, 0.6) is 0 Å². The second-order valence-corrected chi connectivity index (χ2v) is 5.12. The van der Waals surface area contributed by atoms with Gasteiger partial charge in [-0.05, 0) is 12.8 Å². The summed E-state index contributed by atoms with van der Waals surface area (Å²) >= 11 is 1.87. The Morgan fingerprint density at radius 3 is 2.93 bits per heavy atom. The van der Waals surface area contributed by atoms with Crippen LogP contribution in [-0.4, -0.2) is 60.3 Å². The van der Waals surface area contributed by atoms with Crippen molar-refractivity contribution < 1.29 is 14.6 Å². The number of nitrogens with zero attached hydrogens (tertiary/aromatic N) is 1. The number of ether oxygens (including phenoxy) is 1. The fourth-order valence-corrected chi connectivity index (χ4v) is 2.44. The van der Waals surface area contributed by atoms with Gasteiger partial charge in [0.2, 0.25) is 0 Å². The van der Waals surface area contributed by atoms with Crippen molar-refractivity contribution in [3.8, 4) is 0 Å². The number of hydrogen-bond donors (Lipinski definition) is 1. The summed E-state index contributed by atoms with van der Waals surface area (Å²) in [5, 5.41) is 8.99. The number of carboxylic acids is 1. The summed E-state index contributed by atoms with van der Waals surface area (Å²) in [5.74, 6) is 1.06. The SMILES string of the molecule is CCSCCN(C)C1COCC1C(=O)O. The lowest BCUT2D eigenvalue weighted by molar-refractivity contribution is -0.143. The summed E-state index contributed by atoms with van der Waals surface area (Å²) in [5.41, 5.74) is 0. The minimum atomic E-state index is -0.743. The van der Waals surface area contributed by atoms with E-state index in [0.29, 0.717) is 13.2 Å². The molecular weight excluding hydrogens is 214 g/mol. The number of carbonyl (C=O) groups is 1. The van der Waals surface area contributed by atoms with Crippen molar-refractivity contribution >= 4 is 17.7 Å². The molecule has 1 aliphatic heterocycles. The fourth-order valence-electron chi connectivity index (χ4n) is 1.73. The molecule has 5 heteroatoms. The molecule has 0 bridgehead atoms. The molecule has 1 fully saturated rings. The highest BCUT2D eigenvalue weighted by Gasteiger charge is 2.36. The van der Waals surface area contributed by atoms with Crippen molar-refractivity contribution in [2.45, 2.75) is 13.0 Å². The lowest BCUT2D eigenvalue weighted by Gasteiger charge is -2.25. The normalized spacial score (nSPS) is 26.1. The van der Waals surface area contributed by atoms with E-state index in [1.807, 2.05) is 18.8 Å². The van der Waals surface area contributed by atoms with E-state index in [4.69, 9.17) is 9.84 Å². The number of likely N-dealkylation sites (N-methyl/N-ethyl adjacent to an activating group) is 1. The maximum absolute atomic E-state index is 10.9. The van der Waals surface area contributed by atoms with E-state index in [2.05, 4.69) is 11.8 Å². The maximum atomic E-state index is 10.9. The van der Waals surface area contributed by atoms with Crippen molar-refractivity contribution in [1.82, 2.24) is 4.90 Å². The Balaban J connectivity index is 2.36. The summed E-state index contributed by atoms with van der Waals surface area (Å²) in [6.07, 6.45) is 0. The first kappa shape index (κ1) is 12.8. The number of rotatable bonds is 6. The summed E-state index contributed by atoms with van der Waals surface area (Å²) < 4.78 is 5.23. The van der Waals surface area contributed by atoms with Gasteiger partial charge in [0.1, 0.15) is 0 Å². The molecule has 0 aromatic heterocycles. The molecule has 0 aromatic rings. The molecule has 1 rings (SSSR count). The van der Waals surface area contributed by atoms with Gasteiger partial charge in [-0.25, -0.2) is 0 Å². The smallest absolute Gasteiger partial charge is 0.310 e. The highest BCUT2D eigenvalue weighted by Crippen LogP contribution is 2.19. The van der Waals surface area contributed by atoms with E-state index < -0.39 is 5.97 Å². The van der Waals surface area contributed by atoms with Crippen LogP contribution >= 0.6 is 11.8 Å². The van der Waals surface area contributed by atoms with E-state index in [1.165, 1.54) is 0 Å². The predicted molar refractivity (Wildman–Crippen MR) is 61.4 cm³/mol. The lowest BCUT2D eigenvalue weighted by atomic mass is 10.0. The lowest BCUT2D eigenvalue weighted by Crippen LogP contribution is -2.41. The number of hydrogen-bond acceptors (Lipinski definition) is 4. The average molecular weight is 233 g/mol. The van der Waals surface area contributed by atoms with Gasteiger partial charge in [-0.3, -0.25) is 9.69 Å². The van der Waals surface area contributed by atoms with E-state index >= 15 is 0 Å². The number of aliphatic carboxylic acids is 1. The molecule has 1 heterocycles. The Morgan fingerprint density at radius 1 is 1.60 bits per heavy atom. The van der Waals surface area contributed by atoms with Gasteiger partial charge in [0, 0.05) is 18.3 Å². The number of carboxylic acid groups (broad SMARTS) is 1. The van der Waals surface area contributed by atoms with Crippen LogP contribution in [0.4, 0.5) is 0 Å². The third-order valence-electron chi connectivity index (χ3n) is 2.73. The quantitative estimate of drug-likeness (QED) is 0.687. The molecule has 15 heavy (non-hydrogen) atoms. The Bertz CT molecular complexity index is 213. The van der Waals surface area contributed by atoms with E-state index in [0.717, 1.165) is 18.1 Å². The zero-order chi connectivity index (χ0) is 11.3. The monoisotopic (exact) mass is 233 g/mol. The van der Waals surface area contributed by atoms with Gasteiger partial charge in [0.15, 0.2) is 0 Å². The van der Waals surface area contributed by atoms with Gasteiger partial charge >= 0.3 is 5.97 Å². The summed E-state index contributed by atoms with van der Waals surface area (Å²) in [4.78, 5) is 13.0. The van der Waals surface area contributed by atoms with Crippen LogP contribution in [0, 0.1) is 5.92 Å². The minimum absolute atomic E-state index is 0.0416. The molecule has 0 aliphatic carbocycles. The van der Waals surface area contributed by atoms with Crippen LogP contribution in [0.2, 0.25) is 0 Å². The summed E-state index contributed by atoms with van der Waals surface area (Å²) in [7, 11) is 1.98. The van der Waals surface area contributed by atoms with Crippen molar-refractivity contribution in [1.29, 1.82) is 0 Å².